The van der Waals surface area contributed by atoms with E-state index in [1.165, 1.54) is 15.6 Å². The zero-order chi connectivity index (χ0) is 23.3. The lowest BCUT2D eigenvalue weighted by atomic mass is 9.69. The molecule has 2 aromatic rings. The Morgan fingerprint density at radius 1 is 1.16 bits per heavy atom. The van der Waals surface area contributed by atoms with E-state index in [4.69, 9.17) is 0 Å². The van der Waals surface area contributed by atoms with Crippen molar-refractivity contribution < 1.29 is 22.4 Å². The van der Waals surface area contributed by atoms with Gasteiger partial charge in [0.2, 0.25) is 0 Å². The number of anilines is 1. The first kappa shape index (κ1) is 22.6. The minimum absolute atomic E-state index is 0.142. The predicted molar refractivity (Wildman–Crippen MR) is 112 cm³/mol. The third kappa shape index (κ3) is 3.74. The topological polar surface area (TPSA) is 53.4 Å². The van der Waals surface area contributed by atoms with Crippen LogP contribution >= 0.6 is 0 Å². The van der Waals surface area contributed by atoms with Gasteiger partial charge in [-0.05, 0) is 64.4 Å². The number of halogens is 4. The number of hydrogen-bond donors (Lipinski definition) is 1. The quantitative estimate of drug-likeness (QED) is 0.700. The molecule has 1 aliphatic heterocycles. The summed E-state index contributed by atoms with van der Waals surface area (Å²) >= 11 is 0. The second kappa shape index (κ2) is 7.75. The molecule has 2 heterocycles. The van der Waals surface area contributed by atoms with Crippen molar-refractivity contribution in [1.82, 2.24) is 20.0 Å². The predicted octanol–water partition coefficient (Wildman–Crippen LogP) is 4.36. The molecule has 1 aromatic heterocycles. The van der Waals surface area contributed by atoms with Crippen LogP contribution in [0.5, 0.6) is 0 Å². The largest absolute Gasteiger partial charge is 0.435 e. The molecule has 10 heteroatoms. The maximum absolute atomic E-state index is 13.9. The van der Waals surface area contributed by atoms with Gasteiger partial charge in [0.05, 0.1) is 12.1 Å². The number of nitrogens with one attached hydrogen (secondary N) is 1. The van der Waals surface area contributed by atoms with Crippen LogP contribution in [0.1, 0.15) is 43.9 Å². The Labute approximate surface area is 184 Å². The van der Waals surface area contributed by atoms with Gasteiger partial charge in [-0.1, -0.05) is 12.1 Å². The highest BCUT2D eigenvalue weighted by atomic mass is 19.4. The van der Waals surface area contributed by atoms with Crippen LogP contribution in [0.4, 0.5) is 28.2 Å². The van der Waals surface area contributed by atoms with Gasteiger partial charge in [0.15, 0.2) is 5.69 Å². The molecule has 1 spiro atoms. The van der Waals surface area contributed by atoms with Gasteiger partial charge in [-0.25, -0.2) is 13.9 Å². The number of rotatable bonds is 4. The van der Waals surface area contributed by atoms with Crippen LogP contribution in [0, 0.1) is 5.82 Å². The lowest BCUT2D eigenvalue weighted by molar-refractivity contribution is -0.141. The van der Waals surface area contributed by atoms with Gasteiger partial charge in [-0.15, -0.1) is 0 Å². The Morgan fingerprint density at radius 3 is 2.41 bits per heavy atom. The van der Waals surface area contributed by atoms with Crippen molar-refractivity contribution in [2.45, 2.75) is 56.4 Å². The molecule has 1 saturated carbocycles. The Hall–Kier alpha value is -2.62. The van der Waals surface area contributed by atoms with Crippen LogP contribution in [0.3, 0.4) is 0 Å². The summed E-state index contributed by atoms with van der Waals surface area (Å²) < 4.78 is 54.7. The van der Waals surface area contributed by atoms with Crippen LogP contribution in [-0.2, 0) is 18.3 Å². The average Bonchev–Trinajstić information content (AvgIpc) is 3.29. The first-order chi connectivity index (χ1) is 15.0. The Bertz CT molecular complexity index is 1010. The highest BCUT2D eigenvalue weighted by Gasteiger charge is 2.51. The lowest BCUT2D eigenvalue weighted by Gasteiger charge is -2.48. The van der Waals surface area contributed by atoms with E-state index < -0.39 is 23.4 Å². The van der Waals surface area contributed by atoms with Gasteiger partial charge in [-0.2, -0.15) is 18.3 Å². The summed E-state index contributed by atoms with van der Waals surface area (Å²) in [7, 11) is 3.92. The first-order valence-electron chi connectivity index (χ1n) is 10.7. The Morgan fingerprint density at radius 2 is 1.84 bits per heavy atom. The lowest BCUT2D eigenvalue weighted by Crippen LogP contribution is -2.54. The zero-order valence-corrected chi connectivity index (χ0v) is 18.3. The summed E-state index contributed by atoms with van der Waals surface area (Å²) in [5, 5.41) is 6.66. The molecule has 2 amide bonds. The molecule has 2 aliphatic rings. The summed E-state index contributed by atoms with van der Waals surface area (Å²) in [5.74, 6) is -0.151. The molecular formula is C22H27F4N5O. The molecule has 0 unspecified atom stereocenters. The fraction of sp³-hybridized carbons (Fsp3) is 0.545. The molecule has 6 nitrogen and oxygen atoms in total. The maximum Gasteiger partial charge on any atom is 0.435 e. The van der Waals surface area contributed by atoms with E-state index in [-0.39, 0.29) is 30.3 Å². The molecule has 2 fully saturated rings. The van der Waals surface area contributed by atoms with Crippen molar-refractivity contribution in [1.29, 1.82) is 0 Å². The van der Waals surface area contributed by atoms with Crippen molar-refractivity contribution in [3.05, 3.63) is 47.4 Å². The average molecular weight is 453 g/mol. The van der Waals surface area contributed by atoms with E-state index >= 15 is 0 Å². The van der Waals surface area contributed by atoms with Gasteiger partial charge in [-0.3, -0.25) is 9.80 Å². The van der Waals surface area contributed by atoms with Crippen LogP contribution in [0.15, 0.2) is 30.3 Å². The Balaban J connectivity index is 1.58. The number of carbonyl (C=O) groups excluding carboxylic acids is 1. The van der Waals surface area contributed by atoms with E-state index in [0.29, 0.717) is 25.7 Å². The van der Waals surface area contributed by atoms with Crippen molar-refractivity contribution in [3.63, 3.8) is 0 Å². The molecule has 1 N–H and O–H groups in total. The molecule has 32 heavy (non-hydrogen) atoms. The molecule has 0 radical (unpaired) electrons. The molecule has 0 bridgehead atoms. The van der Waals surface area contributed by atoms with E-state index in [9.17, 15) is 22.4 Å². The molecule has 174 valence electrons. The van der Waals surface area contributed by atoms with Gasteiger partial charge in [0.1, 0.15) is 11.6 Å². The molecule has 1 aliphatic carbocycles. The minimum atomic E-state index is -4.58. The fourth-order valence-electron chi connectivity index (χ4n) is 5.09. The van der Waals surface area contributed by atoms with Crippen molar-refractivity contribution in [3.8, 4) is 0 Å². The van der Waals surface area contributed by atoms with Gasteiger partial charge in [0.25, 0.3) is 0 Å². The van der Waals surface area contributed by atoms with E-state index in [1.54, 1.807) is 19.1 Å². The second-order valence-electron chi connectivity index (χ2n) is 8.93. The minimum Gasteiger partial charge on any atom is -0.330 e. The third-order valence-corrected chi connectivity index (χ3v) is 6.96. The van der Waals surface area contributed by atoms with E-state index in [1.807, 2.05) is 20.2 Å². The number of hydrogen-bond acceptors (Lipinski definition) is 3. The number of aryl methyl sites for hydroxylation is 1. The summed E-state index contributed by atoms with van der Waals surface area (Å²) in [6.07, 6.45) is -1.98. The zero-order valence-electron chi connectivity index (χ0n) is 18.3. The monoisotopic (exact) mass is 453 g/mol. The first-order valence-corrected chi connectivity index (χ1v) is 10.7. The van der Waals surface area contributed by atoms with E-state index in [2.05, 4.69) is 15.3 Å². The molecule has 0 atom stereocenters. The summed E-state index contributed by atoms with van der Waals surface area (Å²) in [5.41, 5.74) is -1.05. The summed E-state index contributed by atoms with van der Waals surface area (Å²) in [4.78, 5) is 16.3. The van der Waals surface area contributed by atoms with Crippen LogP contribution in [0.25, 0.3) is 0 Å². The molecular weight excluding hydrogens is 426 g/mol. The molecule has 1 saturated heterocycles. The molecule has 1 aromatic carbocycles. The second-order valence-corrected chi connectivity index (χ2v) is 8.93. The SMILES string of the molecule is CCn1nc(C(F)(F)F)cc1N1C[C@]2(CC[C@@](c3cccc(F)c3)(N(C)C)CC2)NC1=O. The Kier molecular flexibility index (Phi) is 5.47. The number of urea groups is 1. The van der Waals surface area contributed by atoms with Crippen molar-refractivity contribution >= 4 is 11.8 Å². The third-order valence-electron chi connectivity index (χ3n) is 6.96. The van der Waals surface area contributed by atoms with Gasteiger partial charge in [0, 0.05) is 18.2 Å². The van der Waals surface area contributed by atoms with Crippen LogP contribution in [0.2, 0.25) is 0 Å². The fourth-order valence-corrected chi connectivity index (χ4v) is 5.09. The number of aromatic nitrogens is 2. The normalized spacial score (nSPS) is 26.2. The van der Waals surface area contributed by atoms with Crippen molar-refractivity contribution in [2.75, 3.05) is 25.5 Å². The number of amides is 2. The van der Waals surface area contributed by atoms with E-state index in [0.717, 1.165) is 11.6 Å². The van der Waals surface area contributed by atoms with Crippen molar-refractivity contribution in [2.24, 2.45) is 0 Å². The smallest absolute Gasteiger partial charge is 0.330 e. The number of nitrogens with zero attached hydrogens (tertiary/aromatic N) is 4. The maximum atomic E-state index is 13.9. The van der Waals surface area contributed by atoms with Gasteiger partial charge >= 0.3 is 12.2 Å². The number of alkyl halides is 3. The molecule has 4 rings (SSSR count). The van der Waals surface area contributed by atoms with Crippen LogP contribution in [-0.4, -0.2) is 46.9 Å². The highest BCUT2D eigenvalue weighted by Crippen LogP contribution is 2.46. The standard InChI is InChI=1S/C22H27F4N5O/c1-4-31-18(13-17(28-31)22(24,25)26)30-14-20(27-19(30)32)8-10-21(11-9-20,29(2)3)15-6-5-7-16(23)12-15/h5-7,12-13H,4,8-11,14H2,1-3H3,(H,27,32)/t20-,21-. The summed E-state index contributed by atoms with van der Waals surface area (Å²) in [6.45, 7) is 2.17. The number of carbonyl (C=O) groups is 1. The van der Waals surface area contributed by atoms with Gasteiger partial charge < -0.3 is 5.32 Å². The summed E-state index contributed by atoms with van der Waals surface area (Å²) in [6, 6.07) is 7.09. The number of benzene rings is 1. The highest BCUT2D eigenvalue weighted by molar-refractivity contribution is 5.94. The van der Waals surface area contributed by atoms with Crippen LogP contribution < -0.4 is 10.2 Å².